The van der Waals surface area contributed by atoms with E-state index in [1.807, 2.05) is 13.8 Å². The first-order valence-electron chi connectivity index (χ1n) is 5.67. The van der Waals surface area contributed by atoms with Crippen LogP contribution in [0.2, 0.25) is 0 Å². The van der Waals surface area contributed by atoms with Crippen LogP contribution in [0.1, 0.15) is 40.0 Å². The molecule has 2 atom stereocenters. The Bertz CT molecular complexity index is 254. The van der Waals surface area contributed by atoms with Crippen LogP contribution in [0.5, 0.6) is 0 Å². The molecular weight excluding hydrogens is 206 g/mol. The normalized spacial score (nSPS) is 15.6. The number of hydrogen-bond acceptors (Lipinski definition) is 3. The lowest BCUT2D eigenvalue weighted by Crippen LogP contribution is -2.40. The fraction of sp³-hybridized carbons (Fsp3) is 0.818. The van der Waals surface area contributed by atoms with Gasteiger partial charge >= 0.3 is 0 Å². The highest BCUT2D eigenvalue weighted by Gasteiger charge is 2.21. The van der Waals surface area contributed by atoms with E-state index in [0.29, 0.717) is 6.42 Å². The van der Waals surface area contributed by atoms with Gasteiger partial charge in [-0.2, -0.15) is 0 Å². The molecule has 0 saturated carbocycles. The van der Waals surface area contributed by atoms with Gasteiger partial charge < -0.3 is 15.8 Å². The third-order valence-electron chi connectivity index (χ3n) is 2.79. The molecule has 0 aliphatic heterocycles. The molecule has 0 rings (SSSR count). The van der Waals surface area contributed by atoms with Gasteiger partial charge in [-0.3, -0.25) is 4.79 Å². The number of amidine groups is 1. The van der Waals surface area contributed by atoms with Crippen LogP contribution in [-0.2, 0) is 4.79 Å². The molecule has 5 nitrogen and oxygen atoms in total. The molecule has 5 heteroatoms. The topological polar surface area (TPSA) is 78.9 Å². The molecule has 0 aliphatic carbocycles. The highest BCUT2D eigenvalue weighted by Crippen LogP contribution is 2.12. The minimum absolute atomic E-state index is 0.0322. The molecule has 94 valence electrons. The van der Waals surface area contributed by atoms with Crippen LogP contribution < -0.4 is 5.73 Å². The summed E-state index contributed by atoms with van der Waals surface area (Å²) in [5.74, 6) is 0.292. The Morgan fingerprint density at radius 2 is 2.06 bits per heavy atom. The highest BCUT2D eigenvalue weighted by molar-refractivity contribution is 5.82. The largest absolute Gasteiger partial charge is 0.409 e. The Morgan fingerprint density at radius 1 is 1.50 bits per heavy atom. The van der Waals surface area contributed by atoms with Gasteiger partial charge in [-0.25, -0.2) is 0 Å². The molecule has 0 aromatic carbocycles. The smallest absolute Gasteiger partial charge is 0.225 e. The van der Waals surface area contributed by atoms with Crippen LogP contribution in [0.4, 0.5) is 0 Å². The number of carbonyl (C=O) groups excluding carboxylic acids is 1. The number of rotatable bonds is 6. The van der Waals surface area contributed by atoms with Crippen molar-refractivity contribution in [3.05, 3.63) is 0 Å². The number of oxime groups is 1. The van der Waals surface area contributed by atoms with Gasteiger partial charge in [-0.1, -0.05) is 25.4 Å². The first-order valence-corrected chi connectivity index (χ1v) is 5.67. The van der Waals surface area contributed by atoms with Crippen molar-refractivity contribution in [3.63, 3.8) is 0 Å². The molecule has 0 aliphatic rings. The van der Waals surface area contributed by atoms with Crippen molar-refractivity contribution < 1.29 is 10.0 Å². The first-order chi connectivity index (χ1) is 7.43. The van der Waals surface area contributed by atoms with Crippen molar-refractivity contribution in [1.29, 1.82) is 0 Å². The SMILES string of the molecule is CCCC(C)C(=O)N(C)C(C)CC(N)=NO. The van der Waals surface area contributed by atoms with E-state index in [0.717, 1.165) is 12.8 Å². The fourth-order valence-corrected chi connectivity index (χ4v) is 1.60. The molecule has 0 aromatic rings. The van der Waals surface area contributed by atoms with E-state index in [4.69, 9.17) is 10.9 Å². The number of amides is 1. The van der Waals surface area contributed by atoms with Crippen molar-refractivity contribution in [3.8, 4) is 0 Å². The van der Waals surface area contributed by atoms with Gasteiger partial charge in [0.1, 0.15) is 5.84 Å². The Hall–Kier alpha value is -1.26. The number of hydrogen-bond donors (Lipinski definition) is 2. The van der Waals surface area contributed by atoms with E-state index < -0.39 is 0 Å². The van der Waals surface area contributed by atoms with Crippen LogP contribution in [0.3, 0.4) is 0 Å². The van der Waals surface area contributed by atoms with Gasteiger partial charge in [0.05, 0.1) is 0 Å². The van der Waals surface area contributed by atoms with E-state index in [1.165, 1.54) is 0 Å². The number of nitrogens with zero attached hydrogens (tertiary/aromatic N) is 2. The first kappa shape index (κ1) is 14.7. The van der Waals surface area contributed by atoms with Crippen molar-refractivity contribution in [2.45, 2.75) is 46.1 Å². The Balaban J connectivity index is 4.31. The van der Waals surface area contributed by atoms with E-state index in [2.05, 4.69) is 12.1 Å². The van der Waals surface area contributed by atoms with Crippen molar-refractivity contribution in [2.75, 3.05) is 7.05 Å². The van der Waals surface area contributed by atoms with Gasteiger partial charge in [-0.15, -0.1) is 0 Å². The zero-order chi connectivity index (χ0) is 12.7. The maximum Gasteiger partial charge on any atom is 0.225 e. The van der Waals surface area contributed by atoms with Gasteiger partial charge in [0.15, 0.2) is 0 Å². The van der Waals surface area contributed by atoms with Gasteiger partial charge in [-0.05, 0) is 13.3 Å². The lowest BCUT2D eigenvalue weighted by molar-refractivity contribution is -0.135. The highest BCUT2D eigenvalue weighted by atomic mass is 16.4. The lowest BCUT2D eigenvalue weighted by atomic mass is 10.0. The van der Waals surface area contributed by atoms with Crippen molar-refractivity contribution in [2.24, 2.45) is 16.8 Å². The predicted molar refractivity (Wildman–Crippen MR) is 64.3 cm³/mol. The van der Waals surface area contributed by atoms with Crippen LogP contribution in [0.25, 0.3) is 0 Å². The summed E-state index contributed by atoms with van der Waals surface area (Å²) in [6, 6.07) is -0.0530. The van der Waals surface area contributed by atoms with Crippen LogP contribution in [0, 0.1) is 5.92 Å². The van der Waals surface area contributed by atoms with E-state index >= 15 is 0 Å². The number of carbonyl (C=O) groups is 1. The lowest BCUT2D eigenvalue weighted by Gasteiger charge is -2.27. The minimum Gasteiger partial charge on any atom is -0.409 e. The van der Waals surface area contributed by atoms with Gasteiger partial charge in [0.25, 0.3) is 0 Å². The maximum atomic E-state index is 11.9. The average Bonchev–Trinajstić information content (AvgIpc) is 2.26. The maximum absolute atomic E-state index is 11.9. The third-order valence-corrected chi connectivity index (χ3v) is 2.79. The third kappa shape index (κ3) is 4.51. The predicted octanol–water partition coefficient (Wildman–Crippen LogP) is 1.41. The Kier molecular flexibility index (Phi) is 6.53. The summed E-state index contributed by atoms with van der Waals surface area (Å²) < 4.78 is 0. The molecule has 0 spiro atoms. The molecule has 0 radical (unpaired) electrons. The zero-order valence-electron chi connectivity index (χ0n) is 10.6. The van der Waals surface area contributed by atoms with Crippen LogP contribution >= 0.6 is 0 Å². The summed E-state index contributed by atoms with van der Waals surface area (Å²) in [5, 5.41) is 11.4. The summed E-state index contributed by atoms with van der Waals surface area (Å²) in [7, 11) is 1.75. The molecule has 3 N–H and O–H groups in total. The van der Waals surface area contributed by atoms with E-state index in [-0.39, 0.29) is 23.7 Å². The molecule has 2 unspecified atom stereocenters. The Morgan fingerprint density at radius 3 is 2.50 bits per heavy atom. The molecule has 1 amide bonds. The molecular formula is C11H23N3O2. The summed E-state index contributed by atoms with van der Waals surface area (Å²) in [4.78, 5) is 13.6. The second-order valence-corrected chi connectivity index (χ2v) is 4.28. The standard InChI is InChI=1S/C11H23N3O2/c1-5-6-8(2)11(15)14(4)9(3)7-10(12)13-16/h8-9,16H,5-7H2,1-4H3,(H2,12,13). The second-order valence-electron chi connectivity index (χ2n) is 4.28. The quantitative estimate of drug-likeness (QED) is 0.313. The molecule has 0 fully saturated rings. The van der Waals surface area contributed by atoms with Crippen LogP contribution in [0.15, 0.2) is 5.16 Å². The van der Waals surface area contributed by atoms with Crippen LogP contribution in [-0.4, -0.2) is 34.9 Å². The minimum atomic E-state index is -0.0530. The summed E-state index contributed by atoms with van der Waals surface area (Å²) in [6.45, 7) is 5.87. The Labute approximate surface area is 97.3 Å². The molecule has 16 heavy (non-hydrogen) atoms. The summed E-state index contributed by atoms with van der Waals surface area (Å²) in [5.41, 5.74) is 5.41. The van der Waals surface area contributed by atoms with E-state index in [1.54, 1.807) is 11.9 Å². The molecule has 0 bridgehead atoms. The monoisotopic (exact) mass is 229 g/mol. The number of nitrogens with two attached hydrogens (primary N) is 1. The van der Waals surface area contributed by atoms with Crippen molar-refractivity contribution >= 4 is 11.7 Å². The zero-order valence-corrected chi connectivity index (χ0v) is 10.6. The molecule has 0 aromatic heterocycles. The summed E-state index contributed by atoms with van der Waals surface area (Å²) in [6.07, 6.45) is 2.27. The van der Waals surface area contributed by atoms with E-state index in [9.17, 15) is 4.79 Å². The second kappa shape index (κ2) is 7.09. The van der Waals surface area contributed by atoms with Crippen molar-refractivity contribution in [1.82, 2.24) is 4.90 Å². The summed E-state index contributed by atoms with van der Waals surface area (Å²) >= 11 is 0. The van der Waals surface area contributed by atoms with Gasteiger partial charge in [0.2, 0.25) is 5.91 Å². The molecule has 0 heterocycles. The fourth-order valence-electron chi connectivity index (χ4n) is 1.60. The van der Waals surface area contributed by atoms with Gasteiger partial charge in [0, 0.05) is 25.4 Å². The molecule has 0 saturated heterocycles. The average molecular weight is 229 g/mol.